The number of sulfonamides is 1. The number of pyridine rings is 1. The van der Waals surface area contributed by atoms with Crippen molar-refractivity contribution in [2.75, 3.05) is 22.8 Å². The summed E-state index contributed by atoms with van der Waals surface area (Å²) in [6.45, 7) is 5.16. The molecule has 0 radical (unpaired) electrons. The number of anilines is 3. The first-order valence-corrected chi connectivity index (χ1v) is 14.9. The Kier molecular flexibility index (Phi) is 7.64. The van der Waals surface area contributed by atoms with Crippen LogP contribution in [0.4, 0.5) is 30.6 Å². The SMILES string of the molecule is Cc1ccc(Nc2ncc3c(n2)CN([C@H]2CCN(C(=O)c4ccnc(NS(C)(=O)=O)c4)[C@H](C)C2)C3)cc1C(F)(F)F. The Morgan fingerprint density at radius 1 is 1.12 bits per heavy atom. The molecule has 0 aliphatic carbocycles. The molecule has 0 saturated carbocycles. The number of halogens is 3. The van der Waals surface area contributed by atoms with Gasteiger partial charge in [0.25, 0.3) is 5.91 Å². The van der Waals surface area contributed by atoms with Crippen LogP contribution in [0, 0.1) is 6.92 Å². The summed E-state index contributed by atoms with van der Waals surface area (Å²) in [4.78, 5) is 30.2. The van der Waals surface area contributed by atoms with E-state index in [0.29, 0.717) is 25.2 Å². The highest BCUT2D eigenvalue weighted by molar-refractivity contribution is 7.92. The van der Waals surface area contributed by atoms with Crippen molar-refractivity contribution in [3.05, 3.63) is 70.7 Å². The molecule has 2 atom stereocenters. The summed E-state index contributed by atoms with van der Waals surface area (Å²) < 4.78 is 65.3. The van der Waals surface area contributed by atoms with Crippen molar-refractivity contribution in [2.45, 2.75) is 58.0 Å². The summed E-state index contributed by atoms with van der Waals surface area (Å²) in [5.74, 6) is 0.137. The van der Waals surface area contributed by atoms with E-state index in [2.05, 4.69) is 29.9 Å². The molecule has 218 valence electrons. The van der Waals surface area contributed by atoms with Crippen LogP contribution >= 0.6 is 0 Å². The molecule has 10 nitrogen and oxygen atoms in total. The number of alkyl halides is 3. The highest BCUT2D eigenvalue weighted by Gasteiger charge is 2.35. The van der Waals surface area contributed by atoms with E-state index in [4.69, 9.17) is 0 Å². The summed E-state index contributed by atoms with van der Waals surface area (Å²) in [5.41, 5.74) is 1.84. The Labute approximate surface area is 236 Å². The molecule has 2 aliphatic heterocycles. The number of nitrogens with zero attached hydrogens (tertiary/aromatic N) is 5. The average Bonchev–Trinajstić information content (AvgIpc) is 3.31. The van der Waals surface area contributed by atoms with Crippen LogP contribution in [0.5, 0.6) is 0 Å². The smallest absolute Gasteiger partial charge is 0.336 e. The zero-order valence-electron chi connectivity index (χ0n) is 22.7. The molecule has 1 aromatic carbocycles. The Bertz CT molecular complexity index is 1580. The van der Waals surface area contributed by atoms with E-state index < -0.39 is 21.8 Å². The molecule has 1 fully saturated rings. The van der Waals surface area contributed by atoms with Gasteiger partial charge in [0.05, 0.1) is 17.5 Å². The molecule has 41 heavy (non-hydrogen) atoms. The minimum absolute atomic E-state index is 0.0582. The van der Waals surface area contributed by atoms with Crippen molar-refractivity contribution < 1.29 is 26.4 Å². The summed E-state index contributed by atoms with van der Waals surface area (Å²) in [7, 11) is -3.52. The number of hydrogen-bond donors (Lipinski definition) is 2. The van der Waals surface area contributed by atoms with E-state index >= 15 is 0 Å². The fourth-order valence-corrected chi connectivity index (χ4v) is 5.88. The van der Waals surface area contributed by atoms with Crippen LogP contribution in [-0.2, 0) is 29.3 Å². The zero-order chi connectivity index (χ0) is 29.5. The van der Waals surface area contributed by atoms with Crippen molar-refractivity contribution in [3.63, 3.8) is 0 Å². The number of nitrogens with one attached hydrogen (secondary N) is 2. The van der Waals surface area contributed by atoms with Gasteiger partial charge in [-0.1, -0.05) is 6.07 Å². The van der Waals surface area contributed by atoms with Gasteiger partial charge in [-0.25, -0.2) is 23.4 Å². The third-order valence-electron chi connectivity index (χ3n) is 7.40. The first kappa shape index (κ1) is 28.7. The van der Waals surface area contributed by atoms with E-state index in [0.717, 1.165) is 36.4 Å². The average molecular weight is 590 g/mol. The molecule has 4 heterocycles. The largest absolute Gasteiger partial charge is 0.416 e. The Hall–Kier alpha value is -3.78. The zero-order valence-corrected chi connectivity index (χ0v) is 23.6. The standard InChI is InChI=1S/C27H30F3N7O3S/c1-16-4-5-20(12-22(16)27(28,29)30)33-26-32-13-19-14-36(15-23(19)34-26)21-7-9-37(17(2)10-21)25(38)18-6-8-31-24(11-18)35-41(3,39)40/h4-6,8,11-13,17,21H,7,9-10,14-15H2,1-3H3,(H,31,35)(H,32,33,34)/t17-,21+/m1/s1. The lowest BCUT2D eigenvalue weighted by Gasteiger charge is -2.41. The number of hydrogen-bond acceptors (Lipinski definition) is 8. The second-order valence-corrected chi connectivity index (χ2v) is 12.3. The number of aryl methyl sites for hydroxylation is 1. The maximum absolute atomic E-state index is 13.3. The molecular weight excluding hydrogens is 559 g/mol. The number of fused-ring (bicyclic) bond motifs is 1. The van der Waals surface area contributed by atoms with Gasteiger partial charge in [0, 0.05) is 60.9 Å². The third kappa shape index (κ3) is 6.59. The van der Waals surface area contributed by atoms with Crippen LogP contribution in [0.2, 0.25) is 0 Å². The van der Waals surface area contributed by atoms with Crippen LogP contribution in [-0.4, -0.2) is 64.0 Å². The molecule has 0 unspecified atom stereocenters. The van der Waals surface area contributed by atoms with Crippen LogP contribution in [0.1, 0.15) is 52.5 Å². The van der Waals surface area contributed by atoms with Crippen LogP contribution in [0.15, 0.2) is 42.7 Å². The predicted molar refractivity (Wildman–Crippen MR) is 147 cm³/mol. The van der Waals surface area contributed by atoms with E-state index in [1.54, 1.807) is 23.2 Å². The van der Waals surface area contributed by atoms with Crippen LogP contribution < -0.4 is 10.0 Å². The third-order valence-corrected chi connectivity index (χ3v) is 7.98. The molecule has 1 saturated heterocycles. The first-order valence-electron chi connectivity index (χ1n) is 13.1. The monoisotopic (exact) mass is 589 g/mol. The number of amides is 1. The van der Waals surface area contributed by atoms with Gasteiger partial charge in [-0.2, -0.15) is 13.2 Å². The van der Waals surface area contributed by atoms with Gasteiger partial charge in [-0.05, 0) is 56.5 Å². The Morgan fingerprint density at radius 3 is 2.61 bits per heavy atom. The molecule has 3 aromatic rings. The van der Waals surface area contributed by atoms with Crippen molar-refractivity contribution in [3.8, 4) is 0 Å². The molecule has 5 rings (SSSR count). The van der Waals surface area contributed by atoms with Crippen molar-refractivity contribution >= 4 is 33.4 Å². The highest BCUT2D eigenvalue weighted by Crippen LogP contribution is 2.34. The molecular formula is C27H30F3N7O3S. The van der Waals surface area contributed by atoms with Gasteiger partial charge < -0.3 is 10.2 Å². The number of rotatable bonds is 6. The lowest BCUT2D eigenvalue weighted by Crippen LogP contribution is -2.50. The number of likely N-dealkylation sites (tertiary alicyclic amines) is 1. The van der Waals surface area contributed by atoms with Crippen LogP contribution in [0.25, 0.3) is 0 Å². The summed E-state index contributed by atoms with van der Waals surface area (Å²) >= 11 is 0. The highest BCUT2D eigenvalue weighted by atomic mass is 32.2. The molecule has 14 heteroatoms. The van der Waals surface area contributed by atoms with Crippen molar-refractivity contribution in [1.82, 2.24) is 24.8 Å². The fourth-order valence-electron chi connectivity index (χ4n) is 5.39. The maximum Gasteiger partial charge on any atom is 0.416 e. The number of carbonyl (C=O) groups is 1. The Balaban J connectivity index is 1.22. The van der Waals surface area contributed by atoms with Crippen molar-refractivity contribution in [2.24, 2.45) is 0 Å². The quantitative estimate of drug-likeness (QED) is 0.436. The molecule has 0 bridgehead atoms. The number of piperidine rings is 1. The van der Waals surface area contributed by atoms with E-state index in [9.17, 15) is 26.4 Å². The number of carbonyl (C=O) groups excluding carboxylic acids is 1. The van der Waals surface area contributed by atoms with E-state index in [1.807, 2.05) is 6.92 Å². The molecule has 2 aromatic heterocycles. The normalized spacial score (nSPS) is 19.6. The summed E-state index contributed by atoms with van der Waals surface area (Å²) in [5, 5.41) is 2.90. The lowest BCUT2D eigenvalue weighted by molar-refractivity contribution is -0.138. The molecule has 0 spiro atoms. The molecule has 1 amide bonds. The minimum Gasteiger partial charge on any atom is -0.336 e. The maximum atomic E-state index is 13.3. The van der Waals surface area contributed by atoms with Gasteiger partial charge in [0.15, 0.2) is 0 Å². The predicted octanol–water partition coefficient (Wildman–Crippen LogP) is 4.32. The van der Waals surface area contributed by atoms with Crippen LogP contribution in [0.3, 0.4) is 0 Å². The van der Waals surface area contributed by atoms with E-state index in [-0.39, 0.29) is 41.0 Å². The Morgan fingerprint density at radius 2 is 1.90 bits per heavy atom. The van der Waals surface area contributed by atoms with Gasteiger partial charge in [0.1, 0.15) is 5.82 Å². The number of benzene rings is 1. The van der Waals surface area contributed by atoms with Gasteiger partial charge in [-0.15, -0.1) is 0 Å². The number of aromatic nitrogens is 3. The first-order chi connectivity index (χ1) is 19.3. The lowest BCUT2D eigenvalue weighted by atomic mass is 9.96. The second-order valence-electron chi connectivity index (χ2n) is 10.6. The van der Waals surface area contributed by atoms with Gasteiger partial charge in [0.2, 0.25) is 16.0 Å². The summed E-state index contributed by atoms with van der Waals surface area (Å²) in [6, 6.07) is 7.19. The molecule has 2 aliphatic rings. The minimum atomic E-state index is -4.45. The van der Waals surface area contributed by atoms with E-state index in [1.165, 1.54) is 25.3 Å². The van der Waals surface area contributed by atoms with Gasteiger partial charge >= 0.3 is 6.18 Å². The summed E-state index contributed by atoms with van der Waals surface area (Å²) in [6.07, 6.45) is 1.16. The topological polar surface area (TPSA) is 120 Å². The molecule has 2 N–H and O–H groups in total. The van der Waals surface area contributed by atoms with Gasteiger partial charge in [-0.3, -0.25) is 14.4 Å². The fraction of sp³-hybridized carbons (Fsp3) is 0.407. The second kappa shape index (κ2) is 10.9. The van der Waals surface area contributed by atoms with Crippen molar-refractivity contribution in [1.29, 1.82) is 0 Å².